The summed E-state index contributed by atoms with van der Waals surface area (Å²) >= 11 is 5.93. The maximum absolute atomic E-state index is 13.2. The first-order chi connectivity index (χ1) is 11.3. The number of ether oxygens (including phenoxy) is 1. The minimum atomic E-state index is -4.57. The number of alkyl halides is 4. The summed E-state index contributed by atoms with van der Waals surface area (Å²) in [5.74, 6) is 0.0740. The third kappa shape index (κ3) is 3.51. The fraction of sp³-hybridized carbons (Fsp3) is 0.357. The number of nitrogen functional groups attached to an aromatic ring is 1. The van der Waals surface area contributed by atoms with E-state index in [2.05, 4.69) is 15.0 Å². The van der Waals surface area contributed by atoms with Crippen molar-refractivity contribution < 1.29 is 17.9 Å². The molecule has 2 aromatic rings. The van der Waals surface area contributed by atoms with E-state index in [1.165, 1.54) is 12.3 Å². The van der Waals surface area contributed by atoms with Crippen LogP contribution in [0.4, 0.5) is 24.9 Å². The molecule has 6 nitrogen and oxygen atoms in total. The molecule has 0 spiro atoms. The van der Waals surface area contributed by atoms with Gasteiger partial charge in [-0.05, 0) is 12.1 Å². The van der Waals surface area contributed by atoms with E-state index in [9.17, 15) is 13.2 Å². The molecule has 128 valence electrons. The van der Waals surface area contributed by atoms with Gasteiger partial charge in [0.15, 0.2) is 0 Å². The Kier molecular flexibility index (Phi) is 4.46. The van der Waals surface area contributed by atoms with Gasteiger partial charge in [0.25, 0.3) is 0 Å². The second kappa shape index (κ2) is 6.40. The lowest BCUT2D eigenvalue weighted by Gasteiger charge is -2.30. The largest absolute Gasteiger partial charge is 0.417 e. The Labute approximate surface area is 140 Å². The minimum Gasteiger partial charge on any atom is -0.384 e. The quantitative estimate of drug-likeness (QED) is 0.830. The summed E-state index contributed by atoms with van der Waals surface area (Å²) in [6, 6.07) is 2.19. The van der Waals surface area contributed by atoms with Gasteiger partial charge in [0.05, 0.1) is 24.4 Å². The zero-order valence-corrected chi connectivity index (χ0v) is 13.1. The van der Waals surface area contributed by atoms with Gasteiger partial charge in [-0.25, -0.2) is 15.0 Å². The van der Waals surface area contributed by atoms with Gasteiger partial charge in [0.1, 0.15) is 11.4 Å². The van der Waals surface area contributed by atoms with Crippen LogP contribution in [0.15, 0.2) is 24.5 Å². The summed E-state index contributed by atoms with van der Waals surface area (Å²) in [5.41, 5.74) is 3.93. The van der Waals surface area contributed by atoms with Crippen molar-refractivity contribution in [2.24, 2.45) is 0 Å². The third-order valence-corrected chi connectivity index (χ3v) is 3.72. The van der Waals surface area contributed by atoms with E-state index < -0.39 is 17.3 Å². The molecule has 3 rings (SSSR count). The van der Waals surface area contributed by atoms with Crippen LogP contribution in [0.1, 0.15) is 5.56 Å². The molecule has 2 aromatic heterocycles. The molecule has 3 heterocycles. The maximum Gasteiger partial charge on any atom is 0.417 e. The first kappa shape index (κ1) is 16.7. The molecule has 0 aromatic carbocycles. The van der Waals surface area contributed by atoms with Crippen molar-refractivity contribution in [3.05, 3.63) is 30.1 Å². The highest BCUT2D eigenvalue weighted by molar-refractivity contribution is 6.20. The highest BCUT2D eigenvalue weighted by atomic mass is 35.5. The smallest absolute Gasteiger partial charge is 0.384 e. The Morgan fingerprint density at radius 2 is 2.12 bits per heavy atom. The molecular formula is C14H13ClF3N5O. The summed E-state index contributed by atoms with van der Waals surface area (Å²) in [6.45, 7) is 1.23. The van der Waals surface area contributed by atoms with Crippen LogP contribution in [0.3, 0.4) is 0 Å². The van der Waals surface area contributed by atoms with Crippen LogP contribution in [0, 0.1) is 0 Å². The average Bonchev–Trinajstić information content (AvgIpc) is 2.54. The monoisotopic (exact) mass is 359 g/mol. The summed E-state index contributed by atoms with van der Waals surface area (Å²) in [4.78, 5) is 13.8. The number of halogens is 4. The molecule has 0 saturated carbocycles. The van der Waals surface area contributed by atoms with Crippen molar-refractivity contribution in [3.8, 4) is 11.3 Å². The summed E-state index contributed by atoms with van der Waals surface area (Å²) in [5, 5.41) is 0. The predicted molar refractivity (Wildman–Crippen MR) is 82.5 cm³/mol. The first-order valence-electron chi connectivity index (χ1n) is 7.01. The van der Waals surface area contributed by atoms with Gasteiger partial charge in [-0.3, -0.25) is 0 Å². The molecule has 2 N–H and O–H groups in total. The molecule has 0 aliphatic carbocycles. The van der Waals surface area contributed by atoms with Gasteiger partial charge < -0.3 is 15.4 Å². The summed E-state index contributed by atoms with van der Waals surface area (Å²) in [6.07, 6.45) is -2.11. The SMILES string of the molecule is Nc1cc(C(F)(F)F)c(-c2ccnc(N3CCOC(Cl)C3)n2)cn1. The lowest BCUT2D eigenvalue weighted by atomic mass is 10.1. The predicted octanol–water partition coefficient (Wildman–Crippen LogP) is 2.54. The van der Waals surface area contributed by atoms with Crippen LogP contribution in [-0.4, -0.2) is 40.2 Å². The van der Waals surface area contributed by atoms with Crippen molar-refractivity contribution in [1.29, 1.82) is 0 Å². The number of hydrogen-bond donors (Lipinski definition) is 1. The second-order valence-corrected chi connectivity index (χ2v) is 5.61. The number of hydrogen-bond acceptors (Lipinski definition) is 6. The van der Waals surface area contributed by atoms with Gasteiger partial charge in [0, 0.05) is 24.5 Å². The Balaban J connectivity index is 2.01. The molecule has 1 fully saturated rings. The Bertz CT molecular complexity index is 743. The van der Waals surface area contributed by atoms with Crippen molar-refractivity contribution in [2.75, 3.05) is 30.3 Å². The molecule has 0 bridgehead atoms. The number of nitrogens with zero attached hydrogens (tertiary/aromatic N) is 4. The average molecular weight is 360 g/mol. The van der Waals surface area contributed by atoms with Gasteiger partial charge >= 0.3 is 6.18 Å². The maximum atomic E-state index is 13.2. The highest BCUT2D eigenvalue weighted by Crippen LogP contribution is 2.37. The molecule has 24 heavy (non-hydrogen) atoms. The van der Waals surface area contributed by atoms with Gasteiger partial charge in [-0.1, -0.05) is 11.6 Å². The van der Waals surface area contributed by atoms with Crippen LogP contribution in [0.25, 0.3) is 11.3 Å². The first-order valence-corrected chi connectivity index (χ1v) is 7.45. The van der Waals surface area contributed by atoms with E-state index in [4.69, 9.17) is 22.1 Å². The fourth-order valence-electron chi connectivity index (χ4n) is 2.35. The van der Waals surface area contributed by atoms with E-state index in [1.807, 2.05) is 0 Å². The van der Waals surface area contributed by atoms with Gasteiger partial charge in [0.2, 0.25) is 5.95 Å². The molecule has 0 amide bonds. The Morgan fingerprint density at radius 1 is 1.33 bits per heavy atom. The number of nitrogens with two attached hydrogens (primary N) is 1. The van der Waals surface area contributed by atoms with E-state index in [0.717, 1.165) is 12.3 Å². The molecule has 0 radical (unpaired) electrons. The topological polar surface area (TPSA) is 77.2 Å². The number of morpholine rings is 1. The van der Waals surface area contributed by atoms with Crippen LogP contribution < -0.4 is 10.6 Å². The normalized spacial score (nSPS) is 18.7. The third-order valence-electron chi connectivity index (χ3n) is 3.46. The van der Waals surface area contributed by atoms with Crippen molar-refractivity contribution >= 4 is 23.4 Å². The zero-order chi connectivity index (χ0) is 17.3. The van der Waals surface area contributed by atoms with Crippen molar-refractivity contribution in [3.63, 3.8) is 0 Å². The number of anilines is 2. The fourth-order valence-corrected chi connectivity index (χ4v) is 2.61. The van der Waals surface area contributed by atoms with Gasteiger partial charge in [-0.15, -0.1) is 0 Å². The van der Waals surface area contributed by atoms with Crippen LogP contribution in [-0.2, 0) is 10.9 Å². The van der Waals surface area contributed by atoms with Crippen molar-refractivity contribution in [1.82, 2.24) is 15.0 Å². The lowest BCUT2D eigenvalue weighted by molar-refractivity contribution is -0.137. The lowest BCUT2D eigenvalue weighted by Crippen LogP contribution is -2.41. The number of aromatic nitrogens is 3. The van der Waals surface area contributed by atoms with Gasteiger partial charge in [-0.2, -0.15) is 13.2 Å². The molecule has 1 atom stereocenters. The van der Waals surface area contributed by atoms with Crippen molar-refractivity contribution in [2.45, 2.75) is 11.7 Å². The molecule has 10 heteroatoms. The highest BCUT2D eigenvalue weighted by Gasteiger charge is 2.35. The molecule has 1 aliphatic rings. The van der Waals surface area contributed by atoms with E-state index in [-0.39, 0.29) is 23.0 Å². The standard InChI is InChI=1S/C14H13ClF3N5O/c15-11-7-23(3-4-24-11)13-20-2-1-10(22-13)8-6-21-12(19)5-9(8)14(16,17)18/h1-2,5-6,11H,3-4,7H2,(H2,19,21). The molecular weight excluding hydrogens is 347 g/mol. The van der Waals surface area contributed by atoms with E-state index >= 15 is 0 Å². The molecule has 1 unspecified atom stereocenters. The molecule has 1 saturated heterocycles. The minimum absolute atomic E-state index is 0.109. The Hall–Kier alpha value is -2.13. The summed E-state index contributed by atoms with van der Waals surface area (Å²) in [7, 11) is 0. The van der Waals surface area contributed by atoms with Crippen LogP contribution >= 0.6 is 11.6 Å². The second-order valence-electron chi connectivity index (χ2n) is 5.12. The van der Waals surface area contributed by atoms with E-state index in [0.29, 0.717) is 19.7 Å². The van der Waals surface area contributed by atoms with E-state index in [1.54, 1.807) is 4.90 Å². The molecule has 1 aliphatic heterocycles. The van der Waals surface area contributed by atoms with Crippen LogP contribution in [0.2, 0.25) is 0 Å². The number of rotatable bonds is 2. The Morgan fingerprint density at radius 3 is 2.83 bits per heavy atom. The van der Waals surface area contributed by atoms with Crippen LogP contribution in [0.5, 0.6) is 0 Å². The summed E-state index contributed by atoms with van der Waals surface area (Å²) < 4.78 is 45.0. The zero-order valence-electron chi connectivity index (χ0n) is 12.3. The number of pyridine rings is 1.